The van der Waals surface area contributed by atoms with E-state index in [9.17, 15) is 4.79 Å². The molecule has 0 aliphatic heterocycles. The van der Waals surface area contributed by atoms with Crippen molar-refractivity contribution in [1.29, 1.82) is 0 Å². The Balaban J connectivity index is 1.84. The fraction of sp³-hybridized carbons (Fsp3) is 0.500. The maximum absolute atomic E-state index is 12.3. The molecule has 1 aromatic carbocycles. The number of rotatable bonds is 3. The molecule has 7 heteroatoms. The highest BCUT2D eigenvalue weighted by atomic mass is 35.5. The standard InChI is InChI=1S/C18H22ClN3O3/c1-17(2,3)25-16(23)20-18(10-4-5-11-18)15-22-21-14(24-15)12-6-8-13(19)9-7-12/h6-9H,4-5,10-11H2,1-3H3,(H,20,23). The van der Waals surface area contributed by atoms with Crippen LogP contribution < -0.4 is 5.32 Å². The third kappa shape index (κ3) is 4.12. The number of carbonyl (C=O) groups is 1. The van der Waals surface area contributed by atoms with Crippen LogP contribution in [0.5, 0.6) is 0 Å². The zero-order valence-electron chi connectivity index (χ0n) is 14.6. The molecule has 1 aliphatic rings. The predicted molar refractivity (Wildman–Crippen MR) is 94.3 cm³/mol. The molecular formula is C18H22ClN3O3. The topological polar surface area (TPSA) is 77.2 Å². The Kier molecular flexibility index (Phi) is 4.73. The molecule has 1 fully saturated rings. The van der Waals surface area contributed by atoms with Crippen molar-refractivity contribution >= 4 is 17.7 Å². The number of carbonyl (C=O) groups excluding carboxylic acids is 1. The minimum absolute atomic E-state index is 0.406. The van der Waals surface area contributed by atoms with Gasteiger partial charge in [-0.25, -0.2) is 4.79 Å². The van der Waals surface area contributed by atoms with E-state index in [0.29, 0.717) is 16.8 Å². The molecule has 25 heavy (non-hydrogen) atoms. The first kappa shape index (κ1) is 17.7. The van der Waals surface area contributed by atoms with Crippen molar-refractivity contribution < 1.29 is 13.9 Å². The lowest BCUT2D eigenvalue weighted by Crippen LogP contribution is -2.46. The second-order valence-electron chi connectivity index (χ2n) is 7.34. The lowest BCUT2D eigenvalue weighted by atomic mass is 9.98. The number of benzene rings is 1. The molecule has 1 saturated carbocycles. The van der Waals surface area contributed by atoms with Crippen LogP contribution in [0.4, 0.5) is 4.79 Å². The summed E-state index contributed by atoms with van der Waals surface area (Å²) in [6, 6.07) is 7.18. The van der Waals surface area contributed by atoms with Gasteiger partial charge in [0, 0.05) is 10.6 Å². The van der Waals surface area contributed by atoms with Gasteiger partial charge in [-0.1, -0.05) is 24.4 Å². The number of hydrogen-bond acceptors (Lipinski definition) is 5. The average Bonchev–Trinajstić information content (AvgIpc) is 3.16. The molecule has 0 atom stereocenters. The number of nitrogens with one attached hydrogen (secondary N) is 1. The zero-order valence-corrected chi connectivity index (χ0v) is 15.4. The van der Waals surface area contributed by atoms with Gasteiger partial charge in [0.15, 0.2) is 0 Å². The molecule has 1 heterocycles. The lowest BCUT2D eigenvalue weighted by Gasteiger charge is -2.28. The highest BCUT2D eigenvalue weighted by Gasteiger charge is 2.43. The summed E-state index contributed by atoms with van der Waals surface area (Å²) in [5.74, 6) is 0.824. The molecule has 0 bridgehead atoms. The highest BCUT2D eigenvalue weighted by Crippen LogP contribution is 2.39. The molecule has 1 aromatic heterocycles. The van der Waals surface area contributed by atoms with Crippen molar-refractivity contribution in [3.8, 4) is 11.5 Å². The van der Waals surface area contributed by atoms with Gasteiger partial charge in [-0.2, -0.15) is 0 Å². The van der Waals surface area contributed by atoms with Gasteiger partial charge in [-0.05, 0) is 57.9 Å². The van der Waals surface area contributed by atoms with E-state index in [1.807, 2.05) is 32.9 Å². The number of amides is 1. The van der Waals surface area contributed by atoms with E-state index in [0.717, 1.165) is 31.2 Å². The average molecular weight is 364 g/mol. The van der Waals surface area contributed by atoms with E-state index in [1.54, 1.807) is 12.1 Å². The lowest BCUT2D eigenvalue weighted by molar-refractivity contribution is 0.0434. The molecule has 0 unspecified atom stereocenters. The minimum atomic E-state index is -0.667. The molecule has 2 aromatic rings. The van der Waals surface area contributed by atoms with Crippen molar-refractivity contribution in [3.05, 3.63) is 35.2 Å². The van der Waals surface area contributed by atoms with E-state index in [-0.39, 0.29) is 0 Å². The third-order valence-electron chi connectivity index (χ3n) is 4.12. The van der Waals surface area contributed by atoms with Gasteiger partial charge in [-0.3, -0.25) is 0 Å². The smallest absolute Gasteiger partial charge is 0.408 e. The van der Waals surface area contributed by atoms with E-state index in [2.05, 4.69) is 15.5 Å². The van der Waals surface area contributed by atoms with Crippen LogP contribution >= 0.6 is 11.6 Å². The van der Waals surface area contributed by atoms with Gasteiger partial charge in [-0.15, -0.1) is 10.2 Å². The van der Waals surface area contributed by atoms with Gasteiger partial charge < -0.3 is 14.5 Å². The summed E-state index contributed by atoms with van der Waals surface area (Å²) in [4.78, 5) is 12.3. The van der Waals surface area contributed by atoms with E-state index in [4.69, 9.17) is 20.8 Å². The van der Waals surface area contributed by atoms with Crippen LogP contribution in [0.25, 0.3) is 11.5 Å². The molecule has 0 saturated heterocycles. The van der Waals surface area contributed by atoms with Crippen molar-refractivity contribution in [2.24, 2.45) is 0 Å². The van der Waals surface area contributed by atoms with Crippen LogP contribution in [0.3, 0.4) is 0 Å². The van der Waals surface area contributed by atoms with E-state index in [1.165, 1.54) is 0 Å². The first-order chi connectivity index (χ1) is 11.8. The Morgan fingerprint density at radius 3 is 2.44 bits per heavy atom. The van der Waals surface area contributed by atoms with Gasteiger partial charge >= 0.3 is 6.09 Å². The number of aromatic nitrogens is 2. The number of alkyl carbamates (subject to hydrolysis) is 1. The molecule has 0 radical (unpaired) electrons. The number of nitrogens with zero attached hydrogens (tertiary/aromatic N) is 2. The maximum atomic E-state index is 12.3. The van der Waals surface area contributed by atoms with Crippen LogP contribution in [0.1, 0.15) is 52.3 Å². The van der Waals surface area contributed by atoms with Gasteiger partial charge in [0.2, 0.25) is 11.8 Å². The summed E-state index contributed by atoms with van der Waals surface area (Å²) in [5.41, 5.74) is -0.443. The number of hydrogen-bond donors (Lipinski definition) is 1. The third-order valence-corrected chi connectivity index (χ3v) is 4.37. The van der Waals surface area contributed by atoms with E-state index >= 15 is 0 Å². The molecule has 1 N–H and O–H groups in total. The Morgan fingerprint density at radius 2 is 1.84 bits per heavy atom. The fourth-order valence-corrected chi connectivity index (χ4v) is 3.12. The Hall–Kier alpha value is -2.08. The molecule has 1 amide bonds. The van der Waals surface area contributed by atoms with Crippen LogP contribution in [-0.4, -0.2) is 21.9 Å². The predicted octanol–water partition coefficient (Wildman–Crippen LogP) is 4.68. The van der Waals surface area contributed by atoms with Crippen molar-refractivity contribution in [2.45, 2.75) is 57.6 Å². The monoisotopic (exact) mass is 363 g/mol. The quantitative estimate of drug-likeness (QED) is 0.856. The van der Waals surface area contributed by atoms with Crippen molar-refractivity contribution in [2.75, 3.05) is 0 Å². The normalized spacial score (nSPS) is 16.6. The van der Waals surface area contributed by atoms with E-state index < -0.39 is 17.2 Å². The first-order valence-electron chi connectivity index (χ1n) is 8.39. The summed E-state index contributed by atoms with van der Waals surface area (Å²) in [7, 11) is 0. The van der Waals surface area contributed by atoms with Gasteiger partial charge in [0.05, 0.1) is 0 Å². The maximum Gasteiger partial charge on any atom is 0.408 e. The van der Waals surface area contributed by atoms with Crippen molar-refractivity contribution in [1.82, 2.24) is 15.5 Å². The summed E-state index contributed by atoms with van der Waals surface area (Å²) in [5, 5.41) is 11.9. The largest absolute Gasteiger partial charge is 0.444 e. The SMILES string of the molecule is CC(C)(C)OC(=O)NC1(c2nnc(-c3ccc(Cl)cc3)o2)CCCC1. The zero-order chi connectivity index (χ0) is 18.1. The molecule has 134 valence electrons. The molecule has 0 spiro atoms. The second kappa shape index (κ2) is 6.67. The molecule has 1 aliphatic carbocycles. The van der Waals surface area contributed by atoms with Crippen LogP contribution in [-0.2, 0) is 10.3 Å². The summed E-state index contributed by atoms with van der Waals surface area (Å²) < 4.78 is 11.3. The van der Waals surface area contributed by atoms with Gasteiger partial charge in [0.1, 0.15) is 11.1 Å². The van der Waals surface area contributed by atoms with Crippen molar-refractivity contribution in [3.63, 3.8) is 0 Å². The van der Waals surface area contributed by atoms with Crippen LogP contribution in [0, 0.1) is 0 Å². The Bertz CT molecular complexity index is 744. The molecular weight excluding hydrogens is 342 g/mol. The summed E-state index contributed by atoms with van der Waals surface area (Å²) in [6.45, 7) is 5.50. The fourth-order valence-electron chi connectivity index (χ4n) is 3.00. The Labute approximate surface area is 151 Å². The second-order valence-corrected chi connectivity index (χ2v) is 7.77. The van der Waals surface area contributed by atoms with Crippen LogP contribution in [0.15, 0.2) is 28.7 Å². The number of ether oxygens (including phenoxy) is 1. The number of halogens is 1. The molecule has 6 nitrogen and oxygen atoms in total. The molecule has 3 rings (SSSR count). The minimum Gasteiger partial charge on any atom is -0.444 e. The van der Waals surface area contributed by atoms with Gasteiger partial charge in [0.25, 0.3) is 0 Å². The summed E-state index contributed by atoms with van der Waals surface area (Å²) >= 11 is 5.91. The Morgan fingerprint density at radius 1 is 1.20 bits per heavy atom. The summed E-state index contributed by atoms with van der Waals surface area (Å²) in [6.07, 6.45) is 2.98. The highest BCUT2D eigenvalue weighted by molar-refractivity contribution is 6.30. The van der Waals surface area contributed by atoms with Crippen LogP contribution in [0.2, 0.25) is 5.02 Å². The first-order valence-corrected chi connectivity index (χ1v) is 8.76.